The molecule has 94 valence electrons. The van der Waals surface area contributed by atoms with Gasteiger partial charge < -0.3 is 15.8 Å². The molecule has 1 aliphatic carbocycles. The molecule has 0 spiro atoms. The molecular weight excluding hydrogens is 204 g/mol. The van der Waals surface area contributed by atoms with E-state index in [0.29, 0.717) is 13.2 Å². The highest BCUT2D eigenvalue weighted by Crippen LogP contribution is 2.36. The lowest BCUT2D eigenvalue weighted by molar-refractivity contribution is -0.131. The quantitative estimate of drug-likeness (QED) is 0.739. The molecule has 0 aromatic rings. The highest BCUT2D eigenvalue weighted by molar-refractivity contribution is 5.83. The average Bonchev–Trinajstić information content (AvgIpc) is 2.57. The van der Waals surface area contributed by atoms with E-state index < -0.39 is 0 Å². The first kappa shape index (κ1) is 13.5. The van der Waals surface area contributed by atoms with Crippen molar-refractivity contribution in [2.45, 2.75) is 52.2 Å². The normalized spacial score (nSPS) is 31.4. The first-order chi connectivity index (χ1) is 7.50. The number of amides is 1. The van der Waals surface area contributed by atoms with E-state index in [-0.39, 0.29) is 23.5 Å². The predicted molar refractivity (Wildman–Crippen MR) is 64.0 cm³/mol. The van der Waals surface area contributed by atoms with E-state index >= 15 is 0 Å². The van der Waals surface area contributed by atoms with Crippen LogP contribution in [0.15, 0.2) is 0 Å². The summed E-state index contributed by atoms with van der Waals surface area (Å²) in [4.78, 5) is 12.0. The second-order valence-electron chi connectivity index (χ2n) is 4.89. The molecule has 0 bridgehead atoms. The Balaban J connectivity index is 2.40. The largest absolute Gasteiger partial charge is 0.377 e. The Labute approximate surface area is 97.9 Å². The summed E-state index contributed by atoms with van der Waals surface area (Å²) in [5.74, 6) is 0.0732. The van der Waals surface area contributed by atoms with Crippen LogP contribution in [0.25, 0.3) is 0 Å². The maximum absolute atomic E-state index is 12.0. The Morgan fingerprint density at radius 2 is 2.38 bits per heavy atom. The molecule has 0 aliphatic heterocycles. The molecule has 1 saturated carbocycles. The van der Waals surface area contributed by atoms with Gasteiger partial charge in [0.05, 0.1) is 11.5 Å². The number of hydrogen-bond acceptors (Lipinski definition) is 3. The zero-order valence-corrected chi connectivity index (χ0v) is 10.6. The second-order valence-corrected chi connectivity index (χ2v) is 4.89. The first-order valence-corrected chi connectivity index (χ1v) is 6.16. The molecule has 0 aromatic carbocycles. The highest BCUT2D eigenvalue weighted by atomic mass is 16.5. The molecule has 4 heteroatoms. The van der Waals surface area contributed by atoms with E-state index in [1.54, 1.807) is 0 Å². The molecule has 1 fully saturated rings. The number of nitrogens with one attached hydrogen (secondary N) is 1. The van der Waals surface area contributed by atoms with E-state index in [1.807, 2.05) is 20.8 Å². The van der Waals surface area contributed by atoms with Gasteiger partial charge >= 0.3 is 0 Å². The standard InChI is InChI=1S/C12H24N2O2/c1-4-16-9(2)8-14-11(15)12(3)7-5-6-10(12)13/h9-10H,4-8,13H2,1-3H3,(H,14,15). The van der Waals surface area contributed by atoms with E-state index in [4.69, 9.17) is 10.5 Å². The fraction of sp³-hybridized carbons (Fsp3) is 0.917. The molecule has 0 heterocycles. The second kappa shape index (κ2) is 5.64. The minimum Gasteiger partial charge on any atom is -0.377 e. The van der Waals surface area contributed by atoms with Crippen molar-refractivity contribution >= 4 is 5.91 Å². The third kappa shape index (κ3) is 2.95. The number of carbonyl (C=O) groups is 1. The monoisotopic (exact) mass is 228 g/mol. The number of nitrogens with two attached hydrogens (primary N) is 1. The van der Waals surface area contributed by atoms with Gasteiger partial charge in [-0.15, -0.1) is 0 Å². The van der Waals surface area contributed by atoms with Gasteiger partial charge in [-0.25, -0.2) is 0 Å². The van der Waals surface area contributed by atoms with Crippen molar-refractivity contribution in [1.82, 2.24) is 5.32 Å². The van der Waals surface area contributed by atoms with Crippen LogP contribution in [0.5, 0.6) is 0 Å². The molecule has 1 aliphatic rings. The van der Waals surface area contributed by atoms with Gasteiger partial charge in [-0.05, 0) is 33.6 Å². The number of rotatable bonds is 5. The van der Waals surface area contributed by atoms with Crippen molar-refractivity contribution in [1.29, 1.82) is 0 Å². The summed E-state index contributed by atoms with van der Waals surface area (Å²) in [6.45, 7) is 7.11. The summed E-state index contributed by atoms with van der Waals surface area (Å²) in [6.07, 6.45) is 2.95. The molecular formula is C12H24N2O2. The molecule has 1 rings (SSSR count). The van der Waals surface area contributed by atoms with Crippen LogP contribution in [0.3, 0.4) is 0 Å². The molecule has 1 amide bonds. The Bertz CT molecular complexity index is 245. The van der Waals surface area contributed by atoms with Gasteiger partial charge in [0.1, 0.15) is 0 Å². The third-order valence-corrected chi connectivity index (χ3v) is 3.55. The van der Waals surface area contributed by atoms with Gasteiger partial charge in [0.2, 0.25) is 5.91 Å². The van der Waals surface area contributed by atoms with Crippen molar-refractivity contribution < 1.29 is 9.53 Å². The van der Waals surface area contributed by atoms with Crippen molar-refractivity contribution in [2.24, 2.45) is 11.1 Å². The fourth-order valence-electron chi connectivity index (χ4n) is 2.26. The zero-order valence-electron chi connectivity index (χ0n) is 10.6. The number of hydrogen-bond donors (Lipinski definition) is 2. The lowest BCUT2D eigenvalue weighted by atomic mass is 9.84. The van der Waals surface area contributed by atoms with E-state index in [2.05, 4.69) is 5.32 Å². The highest BCUT2D eigenvalue weighted by Gasteiger charge is 2.42. The van der Waals surface area contributed by atoms with Gasteiger partial charge in [0.25, 0.3) is 0 Å². The van der Waals surface area contributed by atoms with Gasteiger partial charge in [0.15, 0.2) is 0 Å². The van der Waals surface area contributed by atoms with Crippen LogP contribution in [0, 0.1) is 5.41 Å². The Hall–Kier alpha value is -0.610. The molecule has 3 N–H and O–H groups in total. The molecule has 3 unspecified atom stereocenters. The minimum atomic E-state index is -0.383. The van der Waals surface area contributed by atoms with Gasteiger partial charge in [-0.3, -0.25) is 4.79 Å². The Morgan fingerprint density at radius 1 is 1.69 bits per heavy atom. The van der Waals surface area contributed by atoms with Crippen LogP contribution in [0.4, 0.5) is 0 Å². The number of carbonyl (C=O) groups excluding carboxylic acids is 1. The Kier molecular flexibility index (Phi) is 4.74. The van der Waals surface area contributed by atoms with E-state index in [0.717, 1.165) is 19.3 Å². The van der Waals surface area contributed by atoms with Gasteiger partial charge in [-0.1, -0.05) is 6.42 Å². The zero-order chi connectivity index (χ0) is 12.2. The van der Waals surface area contributed by atoms with Crippen molar-refractivity contribution in [3.05, 3.63) is 0 Å². The van der Waals surface area contributed by atoms with Crippen LogP contribution in [-0.2, 0) is 9.53 Å². The summed E-state index contributed by atoms with van der Waals surface area (Å²) in [6, 6.07) is -0.00472. The summed E-state index contributed by atoms with van der Waals surface area (Å²) in [5, 5.41) is 2.94. The van der Waals surface area contributed by atoms with Crippen molar-refractivity contribution in [2.75, 3.05) is 13.2 Å². The Morgan fingerprint density at radius 3 is 2.88 bits per heavy atom. The van der Waals surface area contributed by atoms with E-state index in [9.17, 15) is 4.79 Å². The SMILES string of the molecule is CCOC(C)CNC(=O)C1(C)CCCC1N. The lowest BCUT2D eigenvalue weighted by Gasteiger charge is -2.28. The van der Waals surface area contributed by atoms with Crippen LogP contribution in [0.1, 0.15) is 40.0 Å². The minimum absolute atomic E-state index is 0.00472. The molecule has 0 aromatic heterocycles. The topological polar surface area (TPSA) is 64.3 Å². The summed E-state index contributed by atoms with van der Waals surface area (Å²) in [5.41, 5.74) is 5.60. The van der Waals surface area contributed by atoms with Crippen LogP contribution >= 0.6 is 0 Å². The van der Waals surface area contributed by atoms with Crippen LogP contribution in [0.2, 0.25) is 0 Å². The van der Waals surface area contributed by atoms with Crippen LogP contribution in [-0.4, -0.2) is 31.2 Å². The van der Waals surface area contributed by atoms with Gasteiger partial charge in [-0.2, -0.15) is 0 Å². The van der Waals surface area contributed by atoms with Crippen molar-refractivity contribution in [3.63, 3.8) is 0 Å². The van der Waals surface area contributed by atoms with Crippen molar-refractivity contribution in [3.8, 4) is 0 Å². The molecule has 3 atom stereocenters. The molecule has 16 heavy (non-hydrogen) atoms. The molecule has 4 nitrogen and oxygen atoms in total. The lowest BCUT2D eigenvalue weighted by Crippen LogP contribution is -2.48. The van der Waals surface area contributed by atoms with E-state index in [1.165, 1.54) is 0 Å². The smallest absolute Gasteiger partial charge is 0.227 e. The maximum atomic E-state index is 12.0. The first-order valence-electron chi connectivity index (χ1n) is 6.16. The molecule has 0 radical (unpaired) electrons. The summed E-state index contributed by atoms with van der Waals surface area (Å²) < 4.78 is 5.37. The van der Waals surface area contributed by atoms with Crippen LogP contribution < -0.4 is 11.1 Å². The maximum Gasteiger partial charge on any atom is 0.227 e. The molecule has 0 saturated heterocycles. The summed E-state index contributed by atoms with van der Waals surface area (Å²) in [7, 11) is 0. The predicted octanol–water partition coefficient (Wildman–Crippen LogP) is 1.05. The average molecular weight is 228 g/mol. The van der Waals surface area contributed by atoms with Gasteiger partial charge in [0, 0.05) is 19.2 Å². The third-order valence-electron chi connectivity index (χ3n) is 3.55. The fourth-order valence-corrected chi connectivity index (χ4v) is 2.26. The number of ether oxygens (including phenoxy) is 1. The summed E-state index contributed by atoms with van der Waals surface area (Å²) >= 11 is 0.